The Morgan fingerprint density at radius 3 is 1.91 bits per heavy atom. The molecule has 0 radical (unpaired) electrons. The van der Waals surface area contributed by atoms with Gasteiger partial charge in [0.1, 0.15) is 0 Å². The molecule has 4 aliphatic rings. The van der Waals surface area contributed by atoms with E-state index in [-0.39, 0.29) is 20.9 Å². The van der Waals surface area contributed by atoms with Crippen molar-refractivity contribution in [3.63, 3.8) is 0 Å². The molecule has 8 atom stereocenters. The van der Waals surface area contributed by atoms with Gasteiger partial charge in [-0.2, -0.15) is 0 Å². The van der Waals surface area contributed by atoms with Gasteiger partial charge in [0.25, 0.3) is 0 Å². The van der Waals surface area contributed by atoms with E-state index in [1.807, 2.05) is 0 Å². The van der Waals surface area contributed by atoms with E-state index in [0.717, 1.165) is 5.92 Å². The fourth-order valence-electron chi connectivity index (χ4n) is 10.2. The van der Waals surface area contributed by atoms with Gasteiger partial charge < -0.3 is 8.85 Å². The van der Waals surface area contributed by atoms with Crippen molar-refractivity contribution < 1.29 is 8.85 Å². The first-order valence-corrected chi connectivity index (χ1v) is 24.9. The van der Waals surface area contributed by atoms with Gasteiger partial charge in [0, 0.05) is 11.5 Å². The standard InChI is InChI=1S/C41H76O2Si2/c1-28(2)19-18-20-29(3)36-33(42-44(14,15)37(4,5)6)27-32-30-21-22-34-39(10,11)35(43-45(16,17)38(7,8)9)24-26-40(34,12)31(30)23-25-41(32,36)13/h21-22,28-29,31-33,35-36H,18-20,23-27H2,1-17H3/t29-,31+,32+,33?,35?,36+,40-,41+/m1/s1. The van der Waals surface area contributed by atoms with Crippen LogP contribution >= 0.6 is 0 Å². The zero-order chi connectivity index (χ0) is 34.2. The first kappa shape index (κ1) is 37.6. The molecule has 0 aromatic heterocycles. The van der Waals surface area contributed by atoms with Crippen molar-refractivity contribution in [3.05, 3.63) is 23.3 Å². The first-order valence-electron chi connectivity index (χ1n) is 19.1. The van der Waals surface area contributed by atoms with Crippen molar-refractivity contribution in [2.45, 2.75) is 190 Å². The molecule has 0 aliphatic heterocycles. The van der Waals surface area contributed by atoms with E-state index in [9.17, 15) is 0 Å². The molecular weight excluding hydrogens is 581 g/mol. The maximum absolute atomic E-state index is 7.50. The van der Waals surface area contributed by atoms with E-state index in [1.165, 1.54) is 51.4 Å². The van der Waals surface area contributed by atoms with Gasteiger partial charge in [0.05, 0.1) is 6.10 Å². The predicted molar refractivity (Wildman–Crippen MR) is 202 cm³/mol. The van der Waals surface area contributed by atoms with Crippen molar-refractivity contribution in [1.82, 2.24) is 0 Å². The Labute approximate surface area is 283 Å². The van der Waals surface area contributed by atoms with Crippen molar-refractivity contribution >= 4 is 16.6 Å². The van der Waals surface area contributed by atoms with Crippen LogP contribution in [0, 0.1) is 45.8 Å². The molecule has 4 aliphatic carbocycles. The number of allylic oxidation sites excluding steroid dienone is 3. The second kappa shape index (κ2) is 12.3. The highest BCUT2D eigenvalue weighted by Gasteiger charge is 2.63. The molecule has 260 valence electrons. The van der Waals surface area contributed by atoms with Gasteiger partial charge in [-0.05, 0) is 109 Å². The highest BCUT2D eigenvalue weighted by Crippen LogP contribution is 2.69. The predicted octanol–water partition coefficient (Wildman–Crippen LogP) is 13.0. The molecule has 4 heteroatoms. The van der Waals surface area contributed by atoms with Gasteiger partial charge in [-0.15, -0.1) is 0 Å². The average molecular weight is 657 g/mol. The molecular formula is C41H76O2Si2. The van der Waals surface area contributed by atoms with E-state index in [2.05, 4.69) is 128 Å². The Morgan fingerprint density at radius 1 is 0.778 bits per heavy atom. The topological polar surface area (TPSA) is 18.5 Å². The van der Waals surface area contributed by atoms with E-state index in [4.69, 9.17) is 8.85 Å². The summed E-state index contributed by atoms with van der Waals surface area (Å²) >= 11 is 0. The largest absolute Gasteiger partial charge is 0.414 e. The van der Waals surface area contributed by atoms with Gasteiger partial charge in [-0.1, -0.05) is 133 Å². The molecule has 4 rings (SSSR count). The van der Waals surface area contributed by atoms with Crippen LogP contribution < -0.4 is 0 Å². The minimum atomic E-state index is -1.89. The van der Waals surface area contributed by atoms with Crippen LogP contribution in [-0.4, -0.2) is 28.8 Å². The number of fused-ring (bicyclic) bond motifs is 5. The van der Waals surface area contributed by atoms with Crippen LogP contribution in [0.25, 0.3) is 0 Å². The number of hydrogen-bond acceptors (Lipinski definition) is 2. The molecule has 45 heavy (non-hydrogen) atoms. The lowest BCUT2D eigenvalue weighted by Gasteiger charge is -2.60. The molecule has 0 heterocycles. The third-order valence-electron chi connectivity index (χ3n) is 15.0. The van der Waals surface area contributed by atoms with Crippen molar-refractivity contribution in [3.8, 4) is 0 Å². The monoisotopic (exact) mass is 657 g/mol. The van der Waals surface area contributed by atoms with Crippen LogP contribution in [0.4, 0.5) is 0 Å². The molecule has 2 unspecified atom stereocenters. The number of rotatable bonds is 9. The fourth-order valence-corrected chi connectivity index (χ4v) is 13.0. The first-order chi connectivity index (χ1) is 20.3. The van der Waals surface area contributed by atoms with Crippen LogP contribution in [0.1, 0.15) is 141 Å². The summed E-state index contributed by atoms with van der Waals surface area (Å²) in [7, 11) is -3.75. The molecule has 2 nitrogen and oxygen atoms in total. The summed E-state index contributed by atoms with van der Waals surface area (Å²) in [4.78, 5) is 0. The third kappa shape index (κ3) is 6.72. The van der Waals surface area contributed by atoms with E-state index < -0.39 is 16.6 Å². The van der Waals surface area contributed by atoms with Crippen LogP contribution in [-0.2, 0) is 8.85 Å². The zero-order valence-corrected chi connectivity index (χ0v) is 35.2. The molecule has 0 aromatic rings. The highest BCUT2D eigenvalue weighted by atomic mass is 28.4. The lowest BCUT2D eigenvalue weighted by atomic mass is 9.46. The van der Waals surface area contributed by atoms with Gasteiger partial charge in [0.2, 0.25) is 0 Å². The SMILES string of the molecule is CC(C)CCC[C@@H](C)[C@H]1C(O[Si](C)(C)C(C)(C)C)C[C@H]2C3=CC=C4C(C)(C)C(O[Si](C)(C)C(C)(C)C)CC[C@]4(C)[C@H]3CC[C@]12C. The normalized spacial score (nSPS) is 36.2. The minimum Gasteiger partial charge on any atom is -0.414 e. The second-order valence-corrected chi connectivity index (χ2v) is 30.4. The summed E-state index contributed by atoms with van der Waals surface area (Å²) < 4.78 is 14.7. The van der Waals surface area contributed by atoms with Crippen LogP contribution in [0.2, 0.25) is 36.3 Å². The molecule has 3 fully saturated rings. The van der Waals surface area contributed by atoms with Gasteiger partial charge in [0.15, 0.2) is 16.6 Å². The molecule has 0 N–H and O–H groups in total. The Hall–Kier alpha value is -0.166. The molecule has 0 spiro atoms. The lowest BCUT2D eigenvalue weighted by Crippen LogP contribution is -2.55. The smallest absolute Gasteiger partial charge is 0.192 e. The summed E-state index contributed by atoms with van der Waals surface area (Å²) in [6.07, 6.45) is 16.4. The maximum Gasteiger partial charge on any atom is 0.192 e. The molecule has 0 saturated heterocycles. The van der Waals surface area contributed by atoms with Crippen LogP contribution in [0.3, 0.4) is 0 Å². The second-order valence-electron chi connectivity index (χ2n) is 20.9. The summed E-state index contributed by atoms with van der Waals surface area (Å²) in [5.41, 5.74) is 4.08. The molecule has 0 bridgehead atoms. The molecule has 3 saturated carbocycles. The minimum absolute atomic E-state index is 0.0580. The summed E-state index contributed by atoms with van der Waals surface area (Å²) in [6.45, 7) is 42.0. The van der Waals surface area contributed by atoms with Crippen molar-refractivity contribution in [2.24, 2.45) is 45.8 Å². The fraction of sp³-hybridized carbons (Fsp3) is 0.902. The zero-order valence-electron chi connectivity index (χ0n) is 33.2. The maximum atomic E-state index is 7.50. The number of hydrogen-bond donors (Lipinski definition) is 0. The van der Waals surface area contributed by atoms with Crippen molar-refractivity contribution in [1.29, 1.82) is 0 Å². The van der Waals surface area contributed by atoms with E-state index in [1.54, 1.807) is 11.1 Å². The molecule has 0 amide bonds. The Balaban J connectivity index is 1.70. The summed E-state index contributed by atoms with van der Waals surface area (Å²) in [5, 5.41) is 0.473. The van der Waals surface area contributed by atoms with Gasteiger partial charge in [-0.3, -0.25) is 0 Å². The van der Waals surface area contributed by atoms with E-state index >= 15 is 0 Å². The molecule has 0 aromatic carbocycles. The Morgan fingerprint density at radius 2 is 1.36 bits per heavy atom. The summed E-state index contributed by atoms with van der Waals surface area (Å²) in [6, 6.07) is 0. The van der Waals surface area contributed by atoms with Crippen LogP contribution in [0.5, 0.6) is 0 Å². The van der Waals surface area contributed by atoms with E-state index in [0.29, 0.717) is 41.3 Å². The summed E-state index contributed by atoms with van der Waals surface area (Å²) in [5.74, 6) is 3.45. The van der Waals surface area contributed by atoms with Crippen molar-refractivity contribution in [2.75, 3.05) is 0 Å². The Bertz CT molecular complexity index is 1130. The Kier molecular flexibility index (Phi) is 10.3. The quantitative estimate of drug-likeness (QED) is 0.230. The van der Waals surface area contributed by atoms with Gasteiger partial charge in [-0.25, -0.2) is 0 Å². The third-order valence-corrected chi connectivity index (χ3v) is 24.0. The van der Waals surface area contributed by atoms with Crippen LogP contribution in [0.15, 0.2) is 23.3 Å². The van der Waals surface area contributed by atoms with Gasteiger partial charge >= 0.3 is 0 Å². The average Bonchev–Trinajstić information content (AvgIpc) is 3.15. The highest BCUT2D eigenvalue weighted by molar-refractivity contribution is 6.74. The lowest BCUT2D eigenvalue weighted by molar-refractivity contribution is -0.0165.